The molecular formula is C19H26FNO. The number of hydrogen-bond donors (Lipinski definition) is 0. The van der Waals surface area contributed by atoms with Crippen LogP contribution in [-0.4, -0.2) is 30.6 Å². The highest BCUT2D eigenvalue weighted by molar-refractivity contribution is 5.44. The first-order valence-electron chi connectivity index (χ1n) is 8.85. The molecule has 22 heavy (non-hydrogen) atoms. The van der Waals surface area contributed by atoms with Gasteiger partial charge in [-0.15, -0.1) is 0 Å². The highest BCUT2D eigenvalue weighted by Gasteiger charge is 2.44. The van der Waals surface area contributed by atoms with E-state index in [-0.39, 0.29) is 11.2 Å². The van der Waals surface area contributed by atoms with E-state index >= 15 is 0 Å². The van der Waals surface area contributed by atoms with Crippen LogP contribution in [-0.2, 0) is 5.41 Å². The van der Waals surface area contributed by atoms with Crippen molar-refractivity contribution in [3.8, 4) is 5.75 Å². The summed E-state index contributed by atoms with van der Waals surface area (Å²) in [5.74, 6) is 1.66. The summed E-state index contributed by atoms with van der Waals surface area (Å²) in [5.41, 5.74) is 1.17. The van der Waals surface area contributed by atoms with Gasteiger partial charge in [0.1, 0.15) is 11.6 Å². The molecule has 1 saturated heterocycles. The molecule has 2 fully saturated rings. The zero-order valence-corrected chi connectivity index (χ0v) is 13.5. The average Bonchev–Trinajstić information content (AvgIpc) is 3.17. The molecule has 3 heteroatoms. The molecule has 1 aromatic carbocycles. The Hall–Kier alpha value is -1.09. The minimum atomic E-state index is -0.134. The lowest BCUT2D eigenvalue weighted by molar-refractivity contribution is 0.0817. The number of piperidine rings is 1. The zero-order valence-electron chi connectivity index (χ0n) is 13.5. The van der Waals surface area contributed by atoms with E-state index in [1.165, 1.54) is 31.7 Å². The third kappa shape index (κ3) is 2.34. The number of fused-ring (bicyclic) bond motifs is 2. The molecule has 120 valence electrons. The molecule has 0 bridgehead atoms. The van der Waals surface area contributed by atoms with Gasteiger partial charge in [0.05, 0.1) is 6.61 Å². The molecule has 2 aliphatic heterocycles. The first kappa shape index (κ1) is 14.5. The topological polar surface area (TPSA) is 12.5 Å². The van der Waals surface area contributed by atoms with Crippen molar-refractivity contribution in [1.82, 2.24) is 4.90 Å². The van der Waals surface area contributed by atoms with Crippen LogP contribution in [0.25, 0.3) is 0 Å². The number of halogens is 1. The van der Waals surface area contributed by atoms with E-state index in [2.05, 4.69) is 11.8 Å². The van der Waals surface area contributed by atoms with Crippen molar-refractivity contribution in [3.63, 3.8) is 0 Å². The highest BCUT2D eigenvalue weighted by Crippen LogP contribution is 2.46. The average molecular weight is 303 g/mol. The molecule has 2 heterocycles. The van der Waals surface area contributed by atoms with Gasteiger partial charge in [0.15, 0.2) is 0 Å². The number of ether oxygens (including phenoxy) is 1. The van der Waals surface area contributed by atoms with Crippen LogP contribution in [0.2, 0.25) is 0 Å². The minimum absolute atomic E-state index is 0.0589. The second-order valence-electron chi connectivity index (χ2n) is 7.53. The van der Waals surface area contributed by atoms with E-state index in [9.17, 15) is 4.39 Å². The van der Waals surface area contributed by atoms with Crippen LogP contribution >= 0.6 is 0 Å². The first-order chi connectivity index (χ1) is 10.7. The molecule has 4 rings (SSSR count). The van der Waals surface area contributed by atoms with Crippen LogP contribution in [0.4, 0.5) is 4.39 Å². The van der Waals surface area contributed by atoms with Crippen molar-refractivity contribution >= 4 is 0 Å². The monoisotopic (exact) mass is 303 g/mol. The summed E-state index contributed by atoms with van der Waals surface area (Å²) >= 11 is 0. The molecule has 0 unspecified atom stereocenters. The second-order valence-corrected chi connectivity index (χ2v) is 7.53. The van der Waals surface area contributed by atoms with E-state index < -0.39 is 0 Å². The van der Waals surface area contributed by atoms with Gasteiger partial charge in [0, 0.05) is 17.0 Å². The van der Waals surface area contributed by atoms with Crippen LogP contribution in [0.3, 0.4) is 0 Å². The maximum Gasteiger partial charge on any atom is 0.123 e. The lowest BCUT2D eigenvalue weighted by Gasteiger charge is -2.42. The van der Waals surface area contributed by atoms with E-state index in [0.29, 0.717) is 6.04 Å². The maximum atomic E-state index is 13.6. The highest BCUT2D eigenvalue weighted by atomic mass is 19.1. The van der Waals surface area contributed by atoms with Crippen LogP contribution in [0.1, 0.15) is 51.0 Å². The number of rotatable bonds is 2. The maximum absolute atomic E-state index is 13.6. The molecule has 3 aliphatic rings. The SMILES string of the molecule is C[C@@H](C1CCCC1)N1CCC2(CC1)COc1ccc(F)cc12. The first-order valence-corrected chi connectivity index (χ1v) is 8.85. The molecule has 1 aromatic rings. The molecule has 1 atom stereocenters. The summed E-state index contributed by atoms with van der Waals surface area (Å²) in [7, 11) is 0. The Morgan fingerprint density at radius 3 is 2.68 bits per heavy atom. The number of likely N-dealkylation sites (tertiary alicyclic amines) is 1. The Morgan fingerprint density at radius 1 is 1.23 bits per heavy atom. The molecule has 1 saturated carbocycles. The summed E-state index contributed by atoms with van der Waals surface area (Å²) in [4.78, 5) is 2.67. The molecule has 1 spiro atoms. The van der Waals surface area contributed by atoms with E-state index in [1.807, 2.05) is 0 Å². The summed E-state index contributed by atoms with van der Waals surface area (Å²) < 4.78 is 19.5. The second kappa shape index (κ2) is 5.52. The fourth-order valence-corrected chi connectivity index (χ4v) is 4.85. The summed E-state index contributed by atoms with van der Waals surface area (Å²) in [5, 5.41) is 0. The van der Waals surface area contributed by atoms with Gasteiger partial charge in [0.2, 0.25) is 0 Å². The van der Waals surface area contributed by atoms with Crippen molar-refractivity contribution in [3.05, 3.63) is 29.6 Å². The quantitative estimate of drug-likeness (QED) is 0.814. The molecule has 1 aliphatic carbocycles. The van der Waals surface area contributed by atoms with Gasteiger partial charge in [-0.3, -0.25) is 0 Å². The lowest BCUT2D eigenvalue weighted by atomic mass is 9.74. The third-order valence-electron chi connectivity index (χ3n) is 6.43. The van der Waals surface area contributed by atoms with Crippen LogP contribution in [0.15, 0.2) is 18.2 Å². The minimum Gasteiger partial charge on any atom is -0.492 e. The molecular weight excluding hydrogens is 277 g/mol. The molecule has 0 amide bonds. The normalized spacial score (nSPS) is 26.1. The Balaban J connectivity index is 1.47. The van der Waals surface area contributed by atoms with Crippen molar-refractivity contribution in [2.24, 2.45) is 5.92 Å². The van der Waals surface area contributed by atoms with Crippen molar-refractivity contribution in [2.45, 2.75) is 56.9 Å². The zero-order chi connectivity index (χ0) is 15.2. The summed E-state index contributed by atoms with van der Waals surface area (Å²) in [6.45, 7) is 5.39. The molecule has 0 N–H and O–H groups in total. The smallest absolute Gasteiger partial charge is 0.123 e. The van der Waals surface area contributed by atoms with Gasteiger partial charge in [-0.1, -0.05) is 12.8 Å². The molecule has 0 aromatic heterocycles. The summed E-state index contributed by atoms with van der Waals surface area (Å²) in [6, 6.07) is 5.72. The number of nitrogens with zero attached hydrogens (tertiary/aromatic N) is 1. The van der Waals surface area contributed by atoms with E-state index in [4.69, 9.17) is 4.74 Å². The van der Waals surface area contributed by atoms with Crippen LogP contribution in [0, 0.1) is 11.7 Å². The van der Waals surface area contributed by atoms with Crippen molar-refractivity contribution in [2.75, 3.05) is 19.7 Å². The molecule has 2 nitrogen and oxygen atoms in total. The summed E-state index contributed by atoms with van der Waals surface area (Å²) in [6.07, 6.45) is 7.82. The predicted molar refractivity (Wildman–Crippen MR) is 85.8 cm³/mol. The Kier molecular flexibility index (Phi) is 3.64. The van der Waals surface area contributed by atoms with Crippen LogP contribution in [0.5, 0.6) is 5.75 Å². The standard InChI is InChI=1S/C19H26FNO/c1-14(15-4-2-3-5-15)21-10-8-19(9-11-21)13-22-18-7-6-16(20)12-17(18)19/h6-7,12,14-15H,2-5,8-11,13H2,1H3/t14-/m0/s1. The lowest BCUT2D eigenvalue weighted by Crippen LogP contribution is -2.48. The van der Waals surface area contributed by atoms with Gasteiger partial charge >= 0.3 is 0 Å². The van der Waals surface area contributed by atoms with Gasteiger partial charge in [-0.05, 0) is 69.8 Å². The Morgan fingerprint density at radius 2 is 1.95 bits per heavy atom. The van der Waals surface area contributed by atoms with Crippen LogP contribution < -0.4 is 4.74 Å². The van der Waals surface area contributed by atoms with E-state index in [0.717, 1.165) is 49.8 Å². The van der Waals surface area contributed by atoms with Gasteiger partial charge < -0.3 is 9.64 Å². The largest absolute Gasteiger partial charge is 0.492 e. The van der Waals surface area contributed by atoms with Gasteiger partial charge in [-0.2, -0.15) is 0 Å². The number of hydrogen-bond acceptors (Lipinski definition) is 2. The predicted octanol–water partition coefficient (Wildman–Crippen LogP) is 4.13. The Bertz CT molecular complexity index is 544. The van der Waals surface area contributed by atoms with Gasteiger partial charge in [-0.25, -0.2) is 4.39 Å². The number of benzene rings is 1. The van der Waals surface area contributed by atoms with Crippen molar-refractivity contribution in [1.29, 1.82) is 0 Å². The Labute approximate surface area is 132 Å². The van der Waals surface area contributed by atoms with Gasteiger partial charge in [0.25, 0.3) is 0 Å². The van der Waals surface area contributed by atoms with E-state index in [1.54, 1.807) is 12.1 Å². The fraction of sp³-hybridized carbons (Fsp3) is 0.684. The third-order valence-corrected chi connectivity index (χ3v) is 6.43. The fourth-order valence-electron chi connectivity index (χ4n) is 4.85. The molecule has 0 radical (unpaired) electrons. The van der Waals surface area contributed by atoms with Crippen molar-refractivity contribution < 1.29 is 9.13 Å².